The number of carbonyl (C=O) groups is 2. The second-order valence-electron chi connectivity index (χ2n) is 9.30. The van der Waals surface area contributed by atoms with Gasteiger partial charge in [0.05, 0.1) is 6.20 Å². The molecular weight excluding hydrogens is 441 g/mol. The Morgan fingerprint density at radius 2 is 1.70 bits per heavy atom. The van der Waals surface area contributed by atoms with Crippen molar-refractivity contribution in [1.29, 1.82) is 0 Å². The fraction of sp³-hybridized carbons (Fsp3) is 0.524. The van der Waals surface area contributed by atoms with E-state index in [2.05, 4.69) is 30.6 Å². The molecular formula is C21H21F3N6O3. The molecule has 4 bridgehead atoms. The van der Waals surface area contributed by atoms with Crippen LogP contribution in [0, 0.1) is 11.8 Å². The molecule has 2 heterocycles. The molecule has 6 rings (SSSR count). The summed E-state index contributed by atoms with van der Waals surface area (Å²) in [6.45, 7) is 0. The molecule has 0 spiro atoms. The number of rotatable bonds is 4. The van der Waals surface area contributed by atoms with E-state index in [1.54, 1.807) is 0 Å². The molecule has 4 aliphatic carbocycles. The lowest BCUT2D eigenvalue weighted by Gasteiger charge is -2.61. The Balaban J connectivity index is 1.31. The van der Waals surface area contributed by atoms with Crippen molar-refractivity contribution in [2.75, 3.05) is 0 Å². The molecule has 4 fully saturated rings. The Labute approximate surface area is 186 Å². The topological polar surface area (TPSA) is 119 Å². The molecule has 0 aliphatic heterocycles. The third-order valence-electron chi connectivity index (χ3n) is 6.68. The van der Waals surface area contributed by atoms with Crippen molar-refractivity contribution in [2.24, 2.45) is 11.8 Å². The maximum absolute atomic E-state index is 12.8. The zero-order chi connectivity index (χ0) is 23.3. The molecule has 2 aromatic heterocycles. The van der Waals surface area contributed by atoms with E-state index in [0.717, 1.165) is 44.4 Å². The molecule has 2 amide bonds. The minimum absolute atomic E-state index is 0.221. The zero-order valence-electron chi connectivity index (χ0n) is 17.4. The van der Waals surface area contributed by atoms with Crippen LogP contribution >= 0.6 is 0 Å². The van der Waals surface area contributed by atoms with Crippen LogP contribution in [-0.2, 0) is 6.18 Å². The Hall–Kier alpha value is -3.31. The smallest absolute Gasteiger partial charge is 0.391 e. The summed E-state index contributed by atoms with van der Waals surface area (Å²) in [6.07, 6.45) is 4.17. The van der Waals surface area contributed by atoms with Gasteiger partial charge in [0.2, 0.25) is 11.7 Å². The van der Waals surface area contributed by atoms with Crippen LogP contribution < -0.4 is 15.4 Å². The predicted octanol–water partition coefficient (Wildman–Crippen LogP) is 2.90. The summed E-state index contributed by atoms with van der Waals surface area (Å²) < 4.78 is 43.6. The molecule has 174 valence electrons. The maximum atomic E-state index is 12.8. The SMILES string of the molecule is O=C(NC12CC3CC(C1)CC(NC(=O)c1cnccn1)(C3)C2)Oc1ccnc(C(F)(F)F)n1. The number of nitrogens with one attached hydrogen (secondary N) is 2. The van der Waals surface area contributed by atoms with Gasteiger partial charge in [-0.3, -0.25) is 9.78 Å². The Kier molecular flexibility index (Phi) is 4.98. The number of hydrogen-bond acceptors (Lipinski definition) is 7. The minimum atomic E-state index is -4.75. The third-order valence-corrected chi connectivity index (χ3v) is 6.68. The summed E-state index contributed by atoms with van der Waals surface area (Å²) in [7, 11) is 0. The van der Waals surface area contributed by atoms with Crippen LogP contribution in [0.1, 0.15) is 54.8 Å². The molecule has 0 radical (unpaired) electrons. The Bertz CT molecular complexity index is 1070. The van der Waals surface area contributed by atoms with Crippen molar-refractivity contribution in [3.8, 4) is 5.88 Å². The van der Waals surface area contributed by atoms with Gasteiger partial charge in [-0.25, -0.2) is 14.8 Å². The van der Waals surface area contributed by atoms with Gasteiger partial charge in [-0.15, -0.1) is 0 Å². The van der Waals surface area contributed by atoms with Gasteiger partial charge in [0, 0.05) is 35.7 Å². The van der Waals surface area contributed by atoms with E-state index in [0.29, 0.717) is 18.3 Å². The summed E-state index contributed by atoms with van der Waals surface area (Å²) in [4.78, 5) is 39.8. The number of amides is 2. The molecule has 9 nitrogen and oxygen atoms in total. The van der Waals surface area contributed by atoms with Crippen molar-refractivity contribution in [1.82, 2.24) is 30.6 Å². The first-order chi connectivity index (χ1) is 15.6. The van der Waals surface area contributed by atoms with E-state index in [1.165, 1.54) is 18.6 Å². The van der Waals surface area contributed by atoms with Gasteiger partial charge in [-0.1, -0.05) is 0 Å². The molecule has 33 heavy (non-hydrogen) atoms. The molecule has 0 saturated heterocycles. The highest BCUT2D eigenvalue weighted by Crippen LogP contribution is 2.57. The van der Waals surface area contributed by atoms with Crippen LogP contribution in [0.5, 0.6) is 5.88 Å². The monoisotopic (exact) mass is 462 g/mol. The number of hydrogen-bond donors (Lipinski definition) is 2. The van der Waals surface area contributed by atoms with Gasteiger partial charge in [0.15, 0.2) is 0 Å². The van der Waals surface area contributed by atoms with Crippen molar-refractivity contribution in [2.45, 2.75) is 55.8 Å². The first kappa shape index (κ1) is 21.5. The first-order valence-corrected chi connectivity index (χ1v) is 10.6. The summed E-state index contributed by atoms with van der Waals surface area (Å²) >= 11 is 0. The number of ether oxygens (including phenoxy) is 1. The van der Waals surface area contributed by atoms with Crippen LogP contribution in [0.4, 0.5) is 18.0 Å². The van der Waals surface area contributed by atoms with Crippen LogP contribution in [0.3, 0.4) is 0 Å². The molecule has 0 aromatic carbocycles. The van der Waals surface area contributed by atoms with E-state index in [-0.39, 0.29) is 11.6 Å². The fourth-order valence-electron chi connectivity index (χ4n) is 6.15. The van der Waals surface area contributed by atoms with Gasteiger partial charge < -0.3 is 15.4 Å². The number of nitrogens with zero attached hydrogens (tertiary/aromatic N) is 4. The number of aromatic nitrogens is 4. The van der Waals surface area contributed by atoms with Crippen LogP contribution in [0.2, 0.25) is 0 Å². The zero-order valence-corrected chi connectivity index (χ0v) is 17.4. The second kappa shape index (κ2) is 7.63. The molecule has 4 saturated carbocycles. The van der Waals surface area contributed by atoms with Gasteiger partial charge >= 0.3 is 12.3 Å². The molecule has 2 N–H and O–H groups in total. The average Bonchev–Trinajstić information content (AvgIpc) is 2.72. The Morgan fingerprint density at radius 1 is 1.00 bits per heavy atom. The number of carbonyl (C=O) groups excluding carboxylic acids is 2. The van der Waals surface area contributed by atoms with Gasteiger partial charge in [0.1, 0.15) is 5.69 Å². The first-order valence-electron chi connectivity index (χ1n) is 10.6. The molecule has 2 aromatic rings. The largest absolute Gasteiger partial charge is 0.451 e. The molecule has 4 aliphatic rings. The highest BCUT2D eigenvalue weighted by molar-refractivity contribution is 5.92. The average molecular weight is 462 g/mol. The van der Waals surface area contributed by atoms with Crippen molar-refractivity contribution < 1.29 is 27.5 Å². The van der Waals surface area contributed by atoms with Gasteiger partial charge in [0.25, 0.3) is 5.91 Å². The standard InChI is InChI=1S/C21H21F3N6O3/c22-21(23,24)17-27-2-1-15(28-17)33-18(32)30-20-8-12-5-13(9-20)7-19(6-12,11-20)29-16(31)14-10-25-3-4-26-14/h1-4,10,12-13H,5-9,11H2,(H,29,31)(H,30,32). The number of alkyl halides is 3. The highest BCUT2D eigenvalue weighted by Gasteiger charge is 2.59. The number of halogens is 3. The van der Waals surface area contributed by atoms with Crippen LogP contribution in [-0.4, -0.2) is 43.0 Å². The highest BCUT2D eigenvalue weighted by atomic mass is 19.4. The molecule has 12 heteroatoms. The molecule has 2 atom stereocenters. The predicted molar refractivity (Wildman–Crippen MR) is 106 cm³/mol. The summed E-state index contributed by atoms with van der Waals surface area (Å²) in [5.74, 6) is -1.56. The lowest BCUT2D eigenvalue weighted by molar-refractivity contribution is -0.145. The van der Waals surface area contributed by atoms with Crippen molar-refractivity contribution >= 4 is 12.0 Å². The van der Waals surface area contributed by atoms with Gasteiger partial charge in [-0.2, -0.15) is 18.2 Å². The summed E-state index contributed by atoms with van der Waals surface area (Å²) in [5, 5.41) is 6.02. The molecule has 2 unspecified atom stereocenters. The summed E-state index contributed by atoms with van der Waals surface area (Å²) in [5.41, 5.74) is -0.889. The van der Waals surface area contributed by atoms with Crippen molar-refractivity contribution in [3.05, 3.63) is 42.4 Å². The lowest BCUT2D eigenvalue weighted by atomic mass is 9.50. The van der Waals surface area contributed by atoms with E-state index < -0.39 is 35.1 Å². The Morgan fingerprint density at radius 3 is 2.33 bits per heavy atom. The lowest BCUT2D eigenvalue weighted by Crippen LogP contribution is -2.70. The van der Waals surface area contributed by atoms with Crippen LogP contribution in [0.15, 0.2) is 30.9 Å². The van der Waals surface area contributed by atoms with Gasteiger partial charge in [-0.05, 0) is 50.4 Å². The van der Waals surface area contributed by atoms with E-state index in [9.17, 15) is 22.8 Å². The fourth-order valence-corrected chi connectivity index (χ4v) is 6.15. The van der Waals surface area contributed by atoms with E-state index >= 15 is 0 Å². The maximum Gasteiger partial charge on any atom is 0.451 e. The minimum Gasteiger partial charge on any atom is -0.391 e. The second-order valence-corrected chi connectivity index (χ2v) is 9.30. The third kappa shape index (κ3) is 4.33. The van der Waals surface area contributed by atoms with Crippen molar-refractivity contribution in [3.63, 3.8) is 0 Å². The van der Waals surface area contributed by atoms with E-state index in [4.69, 9.17) is 4.74 Å². The summed E-state index contributed by atoms with van der Waals surface area (Å²) in [6, 6.07) is 1.09. The van der Waals surface area contributed by atoms with E-state index in [1.807, 2.05) is 0 Å². The quantitative estimate of drug-likeness (QED) is 0.717. The normalized spacial score (nSPS) is 30.0. The van der Waals surface area contributed by atoms with Crippen LogP contribution in [0.25, 0.3) is 0 Å².